The van der Waals surface area contributed by atoms with Crippen LogP contribution in [0.15, 0.2) is 18.2 Å². The summed E-state index contributed by atoms with van der Waals surface area (Å²) in [5.41, 5.74) is 7.30. The van der Waals surface area contributed by atoms with Crippen molar-refractivity contribution in [2.45, 2.75) is 37.3 Å². The lowest BCUT2D eigenvalue weighted by atomic mass is 9.75. The Morgan fingerprint density at radius 2 is 1.95 bits per heavy atom. The SMILES string of the molecule is COc1ccc(C(N)CC2(OC)CCC2)c(OC)c1. The molecule has 1 saturated carbocycles. The molecule has 1 aromatic rings. The monoisotopic (exact) mass is 265 g/mol. The van der Waals surface area contributed by atoms with Crippen LogP contribution in [0.25, 0.3) is 0 Å². The largest absolute Gasteiger partial charge is 0.497 e. The first kappa shape index (κ1) is 14.2. The maximum absolute atomic E-state index is 6.33. The van der Waals surface area contributed by atoms with Crippen molar-refractivity contribution in [3.8, 4) is 11.5 Å². The van der Waals surface area contributed by atoms with Crippen molar-refractivity contribution in [3.05, 3.63) is 23.8 Å². The molecule has 0 spiro atoms. The highest BCUT2D eigenvalue weighted by Crippen LogP contribution is 2.42. The van der Waals surface area contributed by atoms with Gasteiger partial charge in [-0.05, 0) is 31.7 Å². The van der Waals surface area contributed by atoms with Crippen LogP contribution in [0.4, 0.5) is 0 Å². The molecule has 1 aliphatic rings. The molecule has 1 aromatic carbocycles. The van der Waals surface area contributed by atoms with E-state index in [1.807, 2.05) is 18.2 Å². The zero-order valence-electron chi connectivity index (χ0n) is 11.9. The first-order valence-corrected chi connectivity index (χ1v) is 6.67. The summed E-state index contributed by atoms with van der Waals surface area (Å²) in [7, 11) is 5.07. The molecule has 0 amide bonds. The van der Waals surface area contributed by atoms with E-state index in [1.165, 1.54) is 6.42 Å². The van der Waals surface area contributed by atoms with Gasteiger partial charge in [-0.3, -0.25) is 0 Å². The summed E-state index contributed by atoms with van der Waals surface area (Å²) >= 11 is 0. The molecule has 4 nitrogen and oxygen atoms in total. The molecule has 2 rings (SSSR count). The maximum atomic E-state index is 6.33. The molecule has 0 saturated heterocycles. The molecular weight excluding hydrogens is 242 g/mol. The van der Waals surface area contributed by atoms with Crippen LogP contribution in [0.2, 0.25) is 0 Å². The van der Waals surface area contributed by atoms with Crippen LogP contribution < -0.4 is 15.2 Å². The van der Waals surface area contributed by atoms with Gasteiger partial charge in [0.05, 0.1) is 19.8 Å². The molecule has 0 bridgehead atoms. The van der Waals surface area contributed by atoms with E-state index in [2.05, 4.69) is 0 Å². The Morgan fingerprint density at radius 1 is 1.21 bits per heavy atom. The minimum Gasteiger partial charge on any atom is -0.497 e. The van der Waals surface area contributed by atoms with E-state index in [0.717, 1.165) is 36.3 Å². The summed E-state index contributed by atoms with van der Waals surface area (Å²) < 4.78 is 16.2. The average Bonchev–Trinajstić information content (AvgIpc) is 2.41. The van der Waals surface area contributed by atoms with E-state index < -0.39 is 0 Å². The number of hydrogen-bond donors (Lipinski definition) is 1. The number of methoxy groups -OCH3 is 3. The molecular formula is C15H23NO3. The predicted molar refractivity (Wildman–Crippen MR) is 74.7 cm³/mol. The van der Waals surface area contributed by atoms with Gasteiger partial charge in [0.2, 0.25) is 0 Å². The van der Waals surface area contributed by atoms with Crippen molar-refractivity contribution in [1.82, 2.24) is 0 Å². The molecule has 1 fully saturated rings. The molecule has 0 heterocycles. The molecule has 2 N–H and O–H groups in total. The summed E-state index contributed by atoms with van der Waals surface area (Å²) in [6.07, 6.45) is 4.23. The summed E-state index contributed by atoms with van der Waals surface area (Å²) in [5.74, 6) is 1.55. The Hall–Kier alpha value is -1.26. The summed E-state index contributed by atoms with van der Waals surface area (Å²) in [5, 5.41) is 0. The first-order valence-electron chi connectivity index (χ1n) is 6.67. The van der Waals surface area contributed by atoms with Crippen LogP contribution in [0.5, 0.6) is 11.5 Å². The van der Waals surface area contributed by atoms with E-state index in [1.54, 1.807) is 21.3 Å². The standard InChI is InChI=1S/C15H23NO3/c1-17-11-5-6-12(14(9-11)18-2)13(16)10-15(19-3)7-4-8-15/h5-6,9,13H,4,7-8,10,16H2,1-3H3. The number of nitrogens with two attached hydrogens (primary N) is 1. The molecule has 0 aliphatic heterocycles. The van der Waals surface area contributed by atoms with Crippen LogP contribution in [0.3, 0.4) is 0 Å². The van der Waals surface area contributed by atoms with Crippen molar-refractivity contribution in [1.29, 1.82) is 0 Å². The van der Waals surface area contributed by atoms with Gasteiger partial charge in [0.1, 0.15) is 11.5 Å². The molecule has 19 heavy (non-hydrogen) atoms. The van der Waals surface area contributed by atoms with Gasteiger partial charge in [0, 0.05) is 24.8 Å². The third-order valence-corrected chi connectivity index (χ3v) is 4.13. The van der Waals surface area contributed by atoms with E-state index in [-0.39, 0.29) is 11.6 Å². The van der Waals surface area contributed by atoms with Gasteiger partial charge in [-0.25, -0.2) is 0 Å². The average molecular weight is 265 g/mol. The highest BCUT2D eigenvalue weighted by Gasteiger charge is 2.39. The fourth-order valence-electron chi connectivity index (χ4n) is 2.70. The van der Waals surface area contributed by atoms with E-state index in [9.17, 15) is 0 Å². The quantitative estimate of drug-likeness (QED) is 0.859. The third kappa shape index (κ3) is 2.85. The second kappa shape index (κ2) is 5.80. The first-order chi connectivity index (χ1) is 9.14. The van der Waals surface area contributed by atoms with Gasteiger partial charge in [-0.1, -0.05) is 6.07 Å². The fourth-order valence-corrected chi connectivity index (χ4v) is 2.70. The highest BCUT2D eigenvalue weighted by molar-refractivity contribution is 5.42. The van der Waals surface area contributed by atoms with Gasteiger partial charge < -0.3 is 19.9 Å². The lowest BCUT2D eigenvalue weighted by Crippen LogP contribution is -2.41. The van der Waals surface area contributed by atoms with E-state index in [4.69, 9.17) is 19.9 Å². The van der Waals surface area contributed by atoms with Gasteiger partial charge >= 0.3 is 0 Å². The number of ether oxygens (including phenoxy) is 3. The summed E-state index contributed by atoms with van der Waals surface area (Å²) in [6, 6.07) is 5.68. The number of rotatable bonds is 6. The topological polar surface area (TPSA) is 53.7 Å². The molecule has 0 radical (unpaired) electrons. The maximum Gasteiger partial charge on any atom is 0.127 e. The Labute approximate surface area is 114 Å². The van der Waals surface area contributed by atoms with Crippen molar-refractivity contribution < 1.29 is 14.2 Å². The number of hydrogen-bond acceptors (Lipinski definition) is 4. The second-order valence-corrected chi connectivity index (χ2v) is 5.16. The second-order valence-electron chi connectivity index (χ2n) is 5.16. The fraction of sp³-hybridized carbons (Fsp3) is 0.600. The Kier molecular flexibility index (Phi) is 4.32. The van der Waals surface area contributed by atoms with Crippen molar-refractivity contribution in [2.24, 2.45) is 5.73 Å². The van der Waals surface area contributed by atoms with E-state index >= 15 is 0 Å². The normalized spacial score (nSPS) is 18.5. The van der Waals surface area contributed by atoms with Crippen LogP contribution in [-0.4, -0.2) is 26.9 Å². The molecule has 0 aromatic heterocycles. The Balaban J connectivity index is 2.16. The zero-order chi connectivity index (χ0) is 13.9. The smallest absolute Gasteiger partial charge is 0.127 e. The van der Waals surface area contributed by atoms with Crippen LogP contribution in [0.1, 0.15) is 37.3 Å². The van der Waals surface area contributed by atoms with Gasteiger partial charge in [0.25, 0.3) is 0 Å². The molecule has 1 unspecified atom stereocenters. The number of benzene rings is 1. The molecule has 1 aliphatic carbocycles. The summed E-state index contributed by atoms with van der Waals surface area (Å²) in [6.45, 7) is 0. The lowest BCUT2D eigenvalue weighted by Gasteiger charge is -2.42. The van der Waals surface area contributed by atoms with Crippen molar-refractivity contribution in [2.75, 3.05) is 21.3 Å². The minimum atomic E-state index is -0.0823. The highest BCUT2D eigenvalue weighted by atomic mass is 16.5. The van der Waals surface area contributed by atoms with Gasteiger partial charge in [-0.15, -0.1) is 0 Å². The predicted octanol–water partition coefficient (Wildman–Crippen LogP) is 2.66. The Morgan fingerprint density at radius 3 is 2.42 bits per heavy atom. The van der Waals surface area contributed by atoms with Crippen LogP contribution >= 0.6 is 0 Å². The third-order valence-electron chi connectivity index (χ3n) is 4.13. The Bertz CT molecular complexity index is 424. The van der Waals surface area contributed by atoms with E-state index in [0.29, 0.717) is 0 Å². The molecule has 1 atom stereocenters. The zero-order valence-corrected chi connectivity index (χ0v) is 11.9. The summed E-state index contributed by atoms with van der Waals surface area (Å²) in [4.78, 5) is 0. The van der Waals surface area contributed by atoms with Gasteiger partial charge in [0.15, 0.2) is 0 Å². The minimum absolute atomic E-state index is 0.0373. The molecule has 106 valence electrons. The lowest BCUT2D eigenvalue weighted by molar-refractivity contribution is -0.0817. The van der Waals surface area contributed by atoms with Crippen molar-refractivity contribution in [3.63, 3.8) is 0 Å². The van der Waals surface area contributed by atoms with Gasteiger partial charge in [-0.2, -0.15) is 0 Å². The van der Waals surface area contributed by atoms with Crippen LogP contribution in [0, 0.1) is 0 Å². The van der Waals surface area contributed by atoms with Crippen molar-refractivity contribution >= 4 is 0 Å². The molecule has 4 heteroatoms. The van der Waals surface area contributed by atoms with Crippen LogP contribution in [-0.2, 0) is 4.74 Å².